The maximum Gasteiger partial charge on any atom is 0.325 e. The minimum absolute atomic E-state index is 0.118. The molecule has 0 bridgehead atoms. The summed E-state index contributed by atoms with van der Waals surface area (Å²) in [6, 6.07) is 5.14. The van der Waals surface area contributed by atoms with E-state index in [0.29, 0.717) is 22.6 Å². The molecule has 0 spiro atoms. The van der Waals surface area contributed by atoms with Crippen molar-refractivity contribution in [3.05, 3.63) is 23.0 Å². The highest BCUT2D eigenvalue weighted by atomic mass is 32.2. The second-order valence-corrected chi connectivity index (χ2v) is 8.47. The Bertz CT molecular complexity index is 1060. The van der Waals surface area contributed by atoms with Gasteiger partial charge in [-0.3, -0.25) is 14.4 Å². The van der Waals surface area contributed by atoms with E-state index in [1.54, 1.807) is 18.2 Å². The van der Waals surface area contributed by atoms with Crippen molar-refractivity contribution < 1.29 is 32.3 Å². The molecule has 0 aliphatic carbocycles. The molecule has 0 aliphatic rings. The number of carbonyl (C=O) groups is 3. The van der Waals surface area contributed by atoms with Crippen molar-refractivity contribution in [1.82, 2.24) is 4.57 Å². The Morgan fingerprint density at radius 1 is 1.26 bits per heavy atom. The number of hydrogen-bond donors (Lipinski definition) is 0. The van der Waals surface area contributed by atoms with Crippen LogP contribution in [0, 0.1) is 0 Å². The highest BCUT2D eigenvalue weighted by molar-refractivity contribution is 8.06. The van der Waals surface area contributed by atoms with Gasteiger partial charge in [0.15, 0.2) is 4.80 Å². The van der Waals surface area contributed by atoms with Gasteiger partial charge in [-0.2, -0.15) is 4.99 Å². The van der Waals surface area contributed by atoms with Gasteiger partial charge in [0, 0.05) is 6.92 Å². The van der Waals surface area contributed by atoms with Crippen molar-refractivity contribution in [2.24, 2.45) is 4.99 Å². The summed E-state index contributed by atoms with van der Waals surface area (Å²) in [7, 11) is -2.97. The molecule has 2 aromatic rings. The van der Waals surface area contributed by atoms with Crippen molar-refractivity contribution in [2.75, 3.05) is 19.5 Å². The third-order valence-electron chi connectivity index (χ3n) is 3.45. The van der Waals surface area contributed by atoms with Crippen LogP contribution in [0.1, 0.15) is 13.8 Å². The first kappa shape index (κ1) is 20.8. The standard InChI is InChI=1S/C16H18N2O7S2/c1-4-25-11-5-6-12-13(7-11)26-16(18(12)8-15(21)24-3)17-14(20)9-27(22,23)10(2)19/h5-7H,4,8-9H2,1-3H3. The number of methoxy groups -OCH3 is 1. The number of nitrogens with zero attached hydrogens (tertiary/aromatic N) is 2. The molecule has 146 valence electrons. The fourth-order valence-electron chi connectivity index (χ4n) is 2.14. The number of esters is 1. The Balaban J connectivity index is 2.55. The molecule has 0 fully saturated rings. The molecular formula is C16H18N2O7S2. The van der Waals surface area contributed by atoms with Crippen molar-refractivity contribution in [3.63, 3.8) is 0 Å². The number of carbonyl (C=O) groups excluding carboxylic acids is 3. The average molecular weight is 414 g/mol. The number of benzene rings is 1. The zero-order valence-electron chi connectivity index (χ0n) is 14.9. The van der Waals surface area contributed by atoms with E-state index in [0.717, 1.165) is 18.3 Å². The summed E-state index contributed by atoms with van der Waals surface area (Å²) in [5, 5.41) is -1.11. The Kier molecular flexibility index (Phi) is 6.50. The number of thiazole rings is 1. The van der Waals surface area contributed by atoms with Crippen LogP contribution in [0.2, 0.25) is 0 Å². The number of rotatable bonds is 6. The third kappa shape index (κ3) is 5.01. The summed E-state index contributed by atoms with van der Waals surface area (Å²) in [5.41, 5.74) is 0.606. The van der Waals surface area contributed by atoms with Gasteiger partial charge in [-0.05, 0) is 25.1 Å². The Morgan fingerprint density at radius 2 is 1.96 bits per heavy atom. The number of fused-ring (bicyclic) bond motifs is 1. The van der Waals surface area contributed by atoms with Crippen LogP contribution >= 0.6 is 11.3 Å². The molecule has 0 saturated carbocycles. The smallest absolute Gasteiger partial charge is 0.325 e. The number of ether oxygens (including phenoxy) is 2. The second-order valence-electron chi connectivity index (χ2n) is 5.37. The highest BCUT2D eigenvalue weighted by Gasteiger charge is 2.22. The average Bonchev–Trinajstić information content (AvgIpc) is 2.90. The predicted molar refractivity (Wildman–Crippen MR) is 98.0 cm³/mol. The van der Waals surface area contributed by atoms with Crippen LogP contribution in [0.25, 0.3) is 10.2 Å². The minimum Gasteiger partial charge on any atom is -0.494 e. The Hall–Kier alpha value is -2.53. The summed E-state index contributed by atoms with van der Waals surface area (Å²) in [5.74, 6) is -1.98. The monoisotopic (exact) mass is 414 g/mol. The molecule has 0 unspecified atom stereocenters. The molecule has 27 heavy (non-hydrogen) atoms. The molecule has 0 radical (unpaired) electrons. The van der Waals surface area contributed by atoms with Crippen molar-refractivity contribution in [1.29, 1.82) is 0 Å². The van der Waals surface area contributed by atoms with Crippen LogP contribution in [0.5, 0.6) is 5.75 Å². The molecule has 9 nitrogen and oxygen atoms in total. The highest BCUT2D eigenvalue weighted by Crippen LogP contribution is 2.23. The Labute approximate surface area is 159 Å². The lowest BCUT2D eigenvalue weighted by atomic mass is 10.3. The summed E-state index contributed by atoms with van der Waals surface area (Å²) in [4.78, 5) is 38.8. The molecule has 1 aromatic carbocycles. The number of hydrogen-bond acceptors (Lipinski definition) is 8. The van der Waals surface area contributed by atoms with Crippen molar-refractivity contribution in [2.45, 2.75) is 20.4 Å². The normalized spacial score (nSPS) is 12.2. The number of aromatic nitrogens is 1. The van der Waals surface area contributed by atoms with Crippen molar-refractivity contribution >= 4 is 48.4 Å². The van der Waals surface area contributed by atoms with Crippen molar-refractivity contribution in [3.8, 4) is 5.75 Å². The maximum absolute atomic E-state index is 12.0. The Morgan fingerprint density at radius 3 is 2.56 bits per heavy atom. The van der Waals surface area contributed by atoms with Gasteiger partial charge >= 0.3 is 5.97 Å². The van der Waals surface area contributed by atoms with E-state index in [1.165, 1.54) is 11.7 Å². The number of sulfone groups is 1. The number of amides is 1. The fraction of sp³-hybridized carbons (Fsp3) is 0.375. The fourth-order valence-corrected chi connectivity index (χ4v) is 3.81. The van der Waals surface area contributed by atoms with Gasteiger partial charge in [0.25, 0.3) is 5.91 Å². The first-order chi connectivity index (χ1) is 12.7. The molecule has 1 amide bonds. The first-order valence-corrected chi connectivity index (χ1v) is 10.3. The lowest BCUT2D eigenvalue weighted by Gasteiger charge is -2.05. The van der Waals surface area contributed by atoms with Gasteiger partial charge in [0.2, 0.25) is 15.0 Å². The van der Waals surface area contributed by atoms with Crippen LogP contribution in [-0.4, -0.2) is 49.4 Å². The summed E-state index contributed by atoms with van der Waals surface area (Å²) < 4.78 is 35.4. The second kappa shape index (κ2) is 8.44. The van der Waals surface area contributed by atoms with E-state index in [1.807, 2.05) is 6.92 Å². The molecule has 1 heterocycles. The molecule has 0 N–H and O–H groups in total. The lowest BCUT2D eigenvalue weighted by molar-refractivity contribution is -0.141. The van der Waals surface area contributed by atoms with Crippen LogP contribution in [0.4, 0.5) is 0 Å². The molecule has 2 rings (SSSR count). The van der Waals surface area contributed by atoms with Crippen LogP contribution in [0.3, 0.4) is 0 Å². The molecule has 11 heteroatoms. The lowest BCUT2D eigenvalue weighted by Crippen LogP contribution is -2.25. The van der Waals surface area contributed by atoms with E-state index in [9.17, 15) is 22.8 Å². The van der Waals surface area contributed by atoms with Gasteiger partial charge in [-0.15, -0.1) is 0 Å². The third-order valence-corrected chi connectivity index (χ3v) is 6.00. The largest absolute Gasteiger partial charge is 0.494 e. The molecule has 0 saturated heterocycles. The quantitative estimate of drug-likeness (QED) is 0.637. The van der Waals surface area contributed by atoms with Gasteiger partial charge in [0.1, 0.15) is 18.0 Å². The predicted octanol–water partition coefficient (Wildman–Crippen LogP) is 0.663. The molecule has 0 atom stereocenters. The van der Waals surface area contributed by atoms with E-state index >= 15 is 0 Å². The van der Waals surface area contributed by atoms with Crippen LogP contribution in [0.15, 0.2) is 23.2 Å². The van der Waals surface area contributed by atoms with E-state index < -0.39 is 32.6 Å². The first-order valence-electron chi connectivity index (χ1n) is 7.81. The summed E-state index contributed by atoms with van der Waals surface area (Å²) in [6.45, 7) is 2.97. The molecular weight excluding hydrogens is 396 g/mol. The SMILES string of the molecule is CCOc1ccc2c(c1)sc(=NC(=O)CS(=O)(=O)C(C)=O)n2CC(=O)OC. The van der Waals surface area contributed by atoms with Gasteiger partial charge in [-0.25, -0.2) is 8.42 Å². The van der Waals surface area contributed by atoms with Gasteiger partial charge in [-0.1, -0.05) is 11.3 Å². The minimum atomic E-state index is -4.20. The zero-order chi connectivity index (χ0) is 20.2. The summed E-state index contributed by atoms with van der Waals surface area (Å²) in [6.07, 6.45) is 0. The van der Waals surface area contributed by atoms with E-state index in [4.69, 9.17) is 4.74 Å². The van der Waals surface area contributed by atoms with Crippen LogP contribution in [-0.2, 0) is 35.5 Å². The van der Waals surface area contributed by atoms with Crippen LogP contribution < -0.4 is 9.54 Å². The van der Waals surface area contributed by atoms with E-state index in [-0.39, 0.29) is 11.3 Å². The van der Waals surface area contributed by atoms with E-state index in [2.05, 4.69) is 9.73 Å². The maximum atomic E-state index is 12.0. The van der Waals surface area contributed by atoms with Gasteiger partial charge < -0.3 is 14.0 Å². The zero-order valence-corrected chi connectivity index (χ0v) is 16.6. The molecule has 1 aromatic heterocycles. The summed E-state index contributed by atoms with van der Waals surface area (Å²) >= 11 is 1.09. The van der Waals surface area contributed by atoms with Gasteiger partial charge in [0.05, 0.1) is 23.9 Å². The topological polar surface area (TPSA) is 121 Å². The molecule has 0 aliphatic heterocycles.